The Kier molecular flexibility index (Phi) is 4.42. The van der Waals surface area contributed by atoms with Crippen molar-refractivity contribution in [3.8, 4) is 0 Å². The number of nitrogens with zero attached hydrogens (tertiary/aromatic N) is 1. The van der Waals surface area contributed by atoms with Gasteiger partial charge in [0.1, 0.15) is 4.90 Å². The Morgan fingerprint density at radius 3 is 2.55 bits per heavy atom. The molecule has 108 valence electrons. The van der Waals surface area contributed by atoms with Crippen molar-refractivity contribution in [1.82, 2.24) is 9.71 Å². The first-order valence-electron chi connectivity index (χ1n) is 6.13. The molecule has 0 amide bonds. The summed E-state index contributed by atoms with van der Waals surface area (Å²) in [5.74, 6) is 0. The van der Waals surface area contributed by atoms with Gasteiger partial charge in [0.2, 0.25) is 10.0 Å². The van der Waals surface area contributed by atoms with Gasteiger partial charge in [0.05, 0.1) is 22.9 Å². The Labute approximate surface area is 123 Å². The van der Waals surface area contributed by atoms with Crippen LogP contribution in [-0.4, -0.2) is 20.4 Å². The number of thiazole rings is 1. The molecule has 0 atom stereocenters. The zero-order valence-corrected chi connectivity index (χ0v) is 13.2. The quantitative estimate of drug-likeness (QED) is 0.888. The highest BCUT2D eigenvalue weighted by atomic mass is 32.2. The number of rotatable bonds is 5. The van der Waals surface area contributed by atoms with Gasteiger partial charge in [-0.05, 0) is 33.0 Å². The van der Waals surface area contributed by atoms with Crippen molar-refractivity contribution >= 4 is 27.0 Å². The lowest BCUT2D eigenvalue weighted by molar-refractivity contribution is 0.588. The fourth-order valence-corrected chi connectivity index (χ4v) is 3.65. The van der Waals surface area contributed by atoms with E-state index in [0.29, 0.717) is 12.2 Å². The number of hydrogen-bond acceptors (Lipinski definition) is 5. The highest BCUT2D eigenvalue weighted by Crippen LogP contribution is 2.23. The van der Waals surface area contributed by atoms with E-state index in [0.717, 1.165) is 15.6 Å². The van der Waals surface area contributed by atoms with Gasteiger partial charge in [-0.15, -0.1) is 11.3 Å². The molecule has 0 spiro atoms. The van der Waals surface area contributed by atoms with Crippen LogP contribution < -0.4 is 10.0 Å². The summed E-state index contributed by atoms with van der Waals surface area (Å²) in [6.45, 7) is 4.48. The van der Waals surface area contributed by atoms with E-state index in [4.69, 9.17) is 0 Å². The summed E-state index contributed by atoms with van der Waals surface area (Å²) in [7, 11) is -2.06. The first-order valence-corrected chi connectivity index (χ1v) is 8.43. The van der Waals surface area contributed by atoms with Gasteiger partial charge in [-0.1, -0.05) is 12.1 Å². The van der Waals surface area contributed by atoms with E-state index in [1.54, 1.807) is 29.5 Å². The monoisotopic (exact) mass is 311 g/mol. The van der Waals surface area contributed by atoms with Gasteiger partial charge < -0.3 is 5.32 Å². The maximum Gasteiger partial charge on any atom is 0.242 e. The second kappa shape index (κ2) is 5.90. The first kappa shape index (κ1) is 15.0. The van der Waals surface area contributed by atoms with Crippen LogP contribution in [0.5, 0.6) is 0 Å². The smallest absolute Gasteiger partial charge is 0.242 e. The fraction of sp³-hybridized carbons (Fsp3) is 0.308. The summed E-state index contributed by atoms with van der Waals surface area (Å²) in [6, 6.07) is 6.85. The molecular weight excluding hydrogens is 294 g/mol. The molecule has 0 aliphatic rings. The molecule has 0 aliphatic heterocycles. The molecule has 7 heteroatoms. The topological polar surface area (TPSA) is 71.1 Å². The molecule has 0 saturated heterocycles. The van der Waals surface area contributed by atoms with E-state index in [2.05, 4.69) is 15.0 Å². The van der Waals surface area contributed by atoms with Crippen LogP contribution >= 0.6 is 11.3 Å². The molecular formula is C13H17N3O2S2. The molecule has 2 rings (SSSR count). The molecule has 5 nitrogen and oxygen atoms in total. The highest BCUT2D eigenvalue weighted by Gasteiger charge is 2.16. The van der Waals surface area contributed by atoms with Crippen molar-refractivity contribution in [1.29, 1.82) is 0 Å². The predicted octanol–water partition coefficient (Wildman–Crippen LogP) is 2.28. The predicted molar refractivity (Wildman–Crippen MR) is 81.6 cm³/mol. The lowest BCUT2D eigenvalue weighted by Crippen LogP contribution is -2.20. The summed E-state index contributed by atoms with van der Waals surface area (Å²) < 4.78 is 26.2. The van der Waals surface area contributed by atoms with E-state index < -0.39 is 10.0 Å². The first-order chi connectivity index (χ1) is 9.44. The van der Waals surface area contributed by atoms with E-state index in [-0.39, 0.29) is 4.90 Å². The molecule has 0 aliphatic carbocycles. The summed E-state index contributed by atoms with van der Waals surface area (Å²) in [4.78, 5) is 5.72. The highest BCUT2D eigenvalue weighted by molar-refractivity contribution is 7.89. The molecule has 1 aromatic heterocycles. The van der Waals surface area contributed by atoms with Crippen LogP contribution in [0.2, 0.25) is 0 Å². The van der Waals surface area contributed by atoms with Crippen LogP contribution in [0.25, 0.3) is 0 Å². The minimum atomic E-state index is -3.46. The van der Waals surface area contributed by atoms with E-state index in [9.17, 15) is 8.42 Å². The average molecular weight is 311 g/mol. The Morgan fingerprint density at radius 2 is 1.95 bits per heavy atom. The van der Waals surface area contributed by atoms with Crippen LogP contribution in [0.1, 0.15) is 15.6 Å². The third-order valence-electron chi connectivity index (χ3n) is 2.88. The third kappa shape index (κ3) is 3.17. The van der Waals surface area contributed by atoms with Gasteiger partial charge in [-0.25, -0.2) is 18.1 Å². The van der Waals surface area contributed by atoms with Crippen molar-refractivity contribution < 1.29 is 8.42 Å². The zero-order valence-electron chi connectivity index (χ0n) is 11.6. The molecule has 0 fully saturated rings. The number of hydrogen-bond donors (Lipinski definition) is 2. The number of para-hydroxylation sites is 1. The van der Waals surface area contributed by atoms with E-state index >= 15 is 0 Å². The summed E-state index contributed by atoms with van der Waals surface area (Å²) in [6.07, 6.45) is 0. The molecule has 2 aromatic rings. The largest absolute Gasteiger partial charge is 0.379 e. The number of aromatic nitrogens is 1. The second-order valence-electron chi connectivity index (χ2n) is 4.30. The van der Waals surface area contributed by atoms with Crippen molar-refractivity contribution in [2.75, 3.05) is 12.4 Å². The number of anilines is 1. The van der Waals surface area contributed by atoms with E-state index in [1.807, 2.05) is 19.9 Å². The molecule has 0 bridgehead atoms. The van der Waals surface area contributed by atoms with Crippen LogP contribution in [0, 0.1) is 13.8 Å². The van der Waals surface area contributed by atoms with Crippen LogP contribution in [-0.2, 0) is 16.6 Å². The second-order valence-corrected chi connectivity index (χ2v) is 7.44. The van der Waals surface area contributed by atoms with Gasteiger partial charge in [-0.2, -0.15) is 0 Å². The van der Waals surface area contributed by atoms with Gasteiger partial charge in [0, 0.05) is 4.88 Å². The summed E-state index contributed by atoms with van der Waals surface area (Å²) >= 11 is 1.61. The van der Waals surface area contributed by atoms with Gasteiger partial charge in [0.15, 0.2) is 0 Å². The van der Waals surface area contributed by atoms with Crippen LogP contribution in [0.4, 0.5) is 5.69 Å². The van der Waals surface area contributed by atoms with Crippen molar-refractivity contribution in [3.05, 3.63) is 39.8 Å². The van der Waals surface area contributed by atoms with E-state index in [1.165, 1.54) is 7.05 Å². The molecule has 2 N–H and O–H groups in total. The SMILES string of the molecule is CNS(=O)(=O)c1ccccc1NCc1sc(C)nc1C. The molecule has 1 aromatic carbocycles. The average Bonchev–Trinajstić information content (AvgIpc) is 2.75. The summed E-state index contributed by atoms with van der Waals surface area (Å²) in [5.41, 5.74) is 1.57. The molecule has 0 saturated carbocycles. The minimum absolute atomic E-state index is 0.251. The zero-order chi connectivity index (χ0) is 14.8. The maximum atomic E-state index is 11.9. The molecule has 1 heterocycles. The minimum Gasteiger partial charge on any atom is -0.379 e. The maximum absolute atomic E-state index is 11.9. The molecule has 0 unspecified atom stereocenters. The van der Waals surface area contributed by atoms with Crippen LogP contribution in [0.15, 0.2) is 29.2 Å². The number of benzene rings is 1. The number of nitrogens with one attached hydrogen (secondary N) is 2. The third-order valence-corrected chi connectivity index (χ3v) is 5.43. The molecule has 20 heavy (non-hydrogen) atoms. The Hall–Kier alpha value is -1.44. The number of aryl methyl sites for hydroxylation is 2. The van der Waals surface area contributed by atoms with Gasteiger partial charge >= 0.3 is 0 Å². The standard InChI is InChI=1S/C13H17N3O2S2/c1-9-12(19-10(2)16-9)8-15-11-6-4-5-7-13(11)20(17,18)14-3/h4-7,14-15H,8H2,1-3H3. The van der Waals surface area contributed by atoms with Crippen molar-refractivity contribution in [2.45, 2.75) is 25.3 Å². The van der Waals surface area contributed by atoms with Gasteiger partial charge in [0.25, 0.3) is 0 Å². The van der Waals surface area contributed by atoms with Crippen LogP contribution in [0.3, 0.4) is 0 Å². The van der Waals surface area contributed by atoms with Gasteiger partial charge in [-0.3, -0.25) is 0 Å². The normalized spacial score (nSPS) is 11.6. The Balaban J connectivity index is 2.25. The summed E-state index contributed by atoms with van der Waals surface area (Å²) in [5, 5.41) is 4.19. The van der Waals surface area contributed by atoms with Crippen molar-refractivity contribution in [3.63, 3.8) is 0 Å². The Bertz CT molecular complexity index is 708. The molecule has 0 radical (unpaired) electrons. The fourth-order valence-electron chi connectivity index (χ4n) is 1.87. The Morgan fingerprint density at radius 1 is 1.25 bits per heavy atom. The van der Waals surface area contributed by atoms with Crippen molar-refractivity contribution in [2.24, 2.45) is 0 Å². The lowest BCUT2D eigenvalue weighted by Gasteiger charge is -2.11. The lowest BCUT2D eigenvalue weighted by atomic mass is 10.3. The number of sulfonamides is 1.